The van der Waals surface area contributed by atoms with Crippen LogP contribution in [0.2, 0.25) is 0 Å². The van der Waals surface area contributed by atoms with Gasteiger partial charge in [0.25, 0.3) is 10.5 Å². The van der Waals surface area contributed by atoms with Gasteiger partial charge in [-0.05, 0) is 40.9 Å². The van der Waals surface area contributed by atoms with E-state index in [4.69, 9.17) is 32.7 Å². The summed E-state index contributed by atoms with van der Waals surface area (Å²) in [7, 11) is 0. The normalized spacial score (nSPS) is 10.9. The fourth-order valence-electron chi connectivity index (χ4n) is 1.46. The molecule has 0 bridgehead atoms. The first-order chi connectivity index (χ1) is 11.1. The molecule has 1 aromatic carbocycles. The Labute approximate surface area is 143 Å². The van der Waals surface area contributed by atoms with E-state index in [2.05, 4.69) is 0 Å². The fourth-order valence-corrected chi connectivity index (χ4v) is 1.57. The standard InChI is InChI=1S/C13H10Cl2F3NO5/c14-10(20)5-23-8-1-7(4-19-12(22)13(16,17)18)2-9(3-8)24-6-11(15)21/h1-3H,4-6H2,(H,19,22). The number of hydrogen-bond acceptors (Lipinski definition) is 5. The van der Waals surface area contributed by atoms with Gasteiger partial charge in [-0.15, -0.1) is 0 Å². The summed E-state index contributed by atoms with van der Waals surface area (Å²) in [4.78, 5) is 32.2. The minimum Gasteiger partial charge on any atom is -0.484 e. The van der Waals surface area contributed by atoms with Crippen LogP contribution in [0.25, 0.3) is 0 Å². The summed E-state index contributed by atoms with van der Waals surface area (Å²) in [6.45, 7) is -1.48. The maximum absolute atomic E-state index is 12.2. The zero-order chi connectivity index (χ0) is 18.3. The van der Waals surface area contributed by atoms with E-state index in [1.165, 1.54) is 18.2 Å². The largest absolute Gasteiger partial charge is 0.484 e. The lowest BCUT2D eigenvalue weighted by Gasteiger charge is -2.12. The Morgan fingerprint density at radius 2 is 1.42 bits per heavy atom. The van der Waals surface area contributed by atoms with Crippen molar-refractivity contribution in [1.82, 2.24) is 5.32 Å². The quantitative estimate of drug-likeness (QED) is 0.691. The number of nitrogens with one attached hydrogen (secondary N) is 1. The third-order valence-electron chi connectivity index (χ3n) is 2.35. The molecular weight excluding hydrogens is 378 g/mol. The Morgan fingerprint density at radius 1 is 0.958 bits per heavy atom. The van der Waals surface area contributed by atoms with Gasteiger partial charge in [-0.2, -0.15) is 13.2 Å². The van der Waals surface area contributed by atoms with Gasteiger partial charge in [0, 0.05) is 12.6 Å². The van der Waals surface area contributed by atoms with Gasteiger partial charge in [0.05, 0.1) is 0 Å². The van der Waals surface area contributed by atoms with Crippen LogP contribution in [-0.4, -0.2) is 35.8 Å². The van der Waals surface area contributed by atoms with Crippen LogP contribution in [-0.2, 0) is 20.9 Å². The Hall–Kier alpha value is -2.00. The van der Waals surface area contributed by atoms with Gasteiger partial charge in [-0.25, -0.2) is 0 Å². The summed E-state index contributed by atoms with van der Waals surface area (Å²) in [6, 6.07) is 3.81. The van der Waals surface area contributed by atoms with Crippen molar-refractivity contribution in [3.05, 3.63) is 23.8 Å². The molecule has 1 amide bonds. The van der Waals surface area contributed by atoms with Crippen LogP contribution in [0, 0.1) is 0 Å². The molecule has 132 valence electrons. The van der Waals surface area contributed by atoms with Gasteiger partial charge in [0.2, 0.25) is 0 Å². The molecule has 0 atom stereocenters. The Morgan fingerprint density at radius 3 is 1.79 bits per heavy atom. The molecule has 0 fully saturated rings. The van der Waals surface area contributed by atoms with Crippen LogP contribution in [0.15, 0.2) is 18.2 Å². The average Bonchev–Trinajstić information content (AvgIpc) is 2.47. The summed E-state index contributed by atoms with van der Waals surface area (Å²) in [5, 5.41) is 0.0587. The van der Waals surface area contributed by atoms with Crippen LogP contribution in [0.5, 0.6) is 11.5 Å². The molecule has 0 aliphatic carbocycles. The molecule has 1 aromatic rings. The molecule has 1 N–H and O–H groups in total. The summed E-state index contributed by atoms with van der Waals surface area (Å²) in [5.74, 6) is -2.04. The van der Waals surface area contributed by atoms with Crippen molar-refractivity contribution in [1.29, 1.82) is 0 Å². The van der Waals surface area contributed by atoms with Crippen LogP contribution >= 0.6 is 23.2 Å². The maximum Gasteiger partial charge on any atom is 0.471 e. The van der Waals surface area contributed by atoms with Crippen molar-refractivity contribution in [2.75, 3.05) is 13.2 Å². The highest BCUT2D eigenvalue weighted by Gasteiger charge is 2.38. The first-order valence-corrected chi connectivity index (χ1v) is 6.95. The average molecular weight is 388 g/mol. The summed E-state index contributed by atoms with van der Waals surface area (Å²) in [5.41, 5.74) is 0.171. The highest BCUT2D eigenvalue weighted by Crippen LogP contribution is 2.24. The van der Waals surface area contributed by atoms with Crippen molar-refractivity contribution in [3.63, 3.8) is 0 Å². The highest BCUT2D eigenvalue weighted by molar-refractivity contribution is 6.64. The van der Waals surface area contributed by atoms with Gasteiger partial charge >= 0.3 is 12.1 Å². The van der Waals surface area contributed by atoms with Crippen LogP contribution in [0.1, 0.15) is 5.56 Å². The number of alkyl halides is 3. The van der Waals surface area contributed by atoms with E-state index in [0.717, 1.165) is 0 Å². The number of carbonyl (C=O) groups is 3. The van der Waals surface area contributed by atoms with E-state index in [1.807, 2.05) is 0 Å². The molecule has 0 radical (unpaired) electrons. The second-order valence-corrected chi connectivity index (χ2v) is 5.12. The van der Waals surface area contributed by atoms with Gasteiger partial charge in [0.15, 0.2) is 13.2 Å². The number of hydrogen-bond donors (Lipinski definition) is 1. The molecule has 0 heterocycles. The molecule has 24 heavy (non-hydrogen) atoms. The van der Waals surface area contributed by atoms with Crippen molar-refractivity contribution < 1.29 is 37.0 Å². The minimum absolute atomic E-state index is 0.0415. The van der Waals surface area contributed by atoms with Crippen LogP contribution < -0.4 is 14.8 Å². The molecule has 0 saturated heterocycles. The van der Waals surface area contributed by atoms with Gasteiger partial charge in [-0.3, -0.25) is 14.4 Å². The third-order valence-corrected chi connectivity index (χ3v) is 2.57. The first kappa shape index (κ1) is 20.0. The molecule has 11 heteroatoms. The Balaban J connectivity index is 2.89. The smallest absolute Gasteiger partial charge is 0.471 e. The number of amides is 1. The van der Waals surface area contributed by atoms with Gasteiger partial charge < -0.3 is 14.8 Å². The predicted molar refractivity (Wildman–Crippen MR) is 77.1 cm³/mol. The van der Waals surface area contributed by atoms with E-state index in [1.54, 1.807) is 5.32 Å². The van der Waals surface area contributed by atoms with Crippen molar-refractivity contribution in [2.24, 2.45) is 0 Å². The fraction of sp³-hybridized carbons (Fsp3) is 0.308. The SMILES string of the molecule is O=C(Cl)COc1cc(CNC(=O)C(F)(F)F)cc(OCC(=O)Cl)c1. The predicted octanol–water partition coefficient (Wildman–Crippen LogP) is 2.15. The zero-order valence-electron chi connectivity index (χ0n) is 11.8. The van der Waals surface area contributed by atoms with Gasteiger partial charge in [0.1, 0.15) is 11.5 Å². The highest BCUT2D eigenvalue weighted by atomic mass is 35.5. The third kappa shape index (κ3) is 7.51. The molecule has 0 aliphatic rings. The number of benzene rings is 1. The van der Waals surface area contributed by atoms with Crippen molar-refractivity contribution in [2.45, 2.75) is 12.7 Å². The Bertz CT molecular complexity index is 600. The zero-order valence-corrected chi connectivity index (χ0v) is 13.3. The van der Waals surface area contributed by atoms with Crippen LogP contribution in [0.3, 0.4) is 0 Å². The number of rotatable bonds is 8. The lowest BCUT2D eigenvalue weighted by molar-refractivity contribution is -0.173. The molecular formula is C13H10Cl2F3NO5. The Kier molecular flexibility index (Phi) is 7.30. The second kappa shape index (κ2) is 8.74. The molecule has 1 rings (SSSR count). The van der Waals surface area contributed by atoms with E-state index in [-0.39, 0.29) is 17.1 Å². The monoisotopic (exact) mass is 387 g/mol. The second-order valence-electron chi connectivity index (χ2n) is 4.28. The van der Waals surface area contributed by atoms with E-state index < -0.39 is 42.3 Å². The van der Waals surface area contributed by atoms with Crippen LogP contribution in [0.4, 0.5) is 13.2 Å². The maximum atomic E-state index is 12.2. The lowest BCUT2D eigenvalue weighted by atomic mass is 10.2. The molecule has 0 spiro atoms. The van der Waals surface area contributed by atoms with E-state index >= 15 is 0 Å². The summed E-state index contributed by atoms with van der Waals surface area (Å²) >= 11 is 10.2. The van der Waals surface area contributed by atoms with E-state index in [0.29, 0.717) is 0 Å². The first-order valence-electron chi connectivity index (χ1n) is 6.19. The lowest BCUT2D eigenvalue weighted by Crippen LogP contribution is -2.36. The van der Waals surface area contributed by atoms with Crippen molar-refractivity contribution >= 4 is 39.6 Å². The molecule has 0 aliphatic heterocycles. The number of carbonyl (C=O) groups excluding carboxylic acids is 3. The van der Waals surface area contributed by atoms with Crippen molar-refractivity contribution in [3.8, 4) is 11.5 Å². The summed E-state index contributed by atoms with van der Waals surface area (Å²) in [6.07, 6.45) is -5.02. The topological polar surface area (TPSA) is 81.7 Å². The molecule has 0 unspecified atom stereocenters. The molecule has 0 saturated carbocycles. The molecule has 0 aromatic heterocycles. The van der Waals surface area contributed by atoms with E-state index in [9.17, 15) is 27.6 Å². The molecule has 6 nitrogen and oxygen atoms in total. The van der Waals surface area contributed by atoms with Gasteiger partial charge in [-0.1, -0.05) is 0 Å². The number of halogens is 5. The summed E-state index contributed by atoms with van der Waals surface area (Å²) < 4.78 is 46.5. The minimum atomic E-state index is -5.02. The number of ether oxygens (including phenoxy) is 2.